The van der Waals surface area contributed by atoms with Crippen molar-refractivity contribution in [2.24, 2.45) is 16.5 Å². The Morgan fingerprint density at radius 2 is 1.72 bits per heavy atom. The van der Waals surface area contributed by atoms with E-state index in [1.807, 2.05) is 38.3 Å². The van der Waals surface area contributed by atoms with Gasteiger partial charge in [-0.2, -0.15) is 0 Å². The van der Waals surface area contributed by atoms with E-state index in [2.05, 4.69) is 138 Å². The summed E-state index contributed by atoms with van der Waals surface area (Å²) in [5, 5.41) is 3.81. The minimum Gasteiger partial charge on any atom is -0.400 e. The van der Waals surface area contributed by atoms with Gasteiger partial charge in [0.15, 0.2) is 0 Å². The molecule has 3 aromatic carbocycles. The van der Waals surface area contributed by atoms with Gasteiger partial charge in [-0.25, -0.2) is 0 Å². The van der Waals surface area contributed by atoms with Gasteiger partial charge in [0.25, 0.3) is 0 Å². The molecule has 2 aliphatic heterocycles. The fraction of sp³-hybridized carbons (Fsp3) is 0.229. The number of nitrogens with zero attached hydrogens (tertiary/aromatic N) is 1. The van der Waals surface area contributed by atoms with Crippen LogP contribution in [-0.4, -0.2) is 17.2 Å². The standard InChI is InChI=1S/C46H45N5.C2H6/c1-46(2)39-12-4-3-11-37(39)38-24-21-35(28-40(38)46)42-25-22-33-19-18-32(44(48)45(33)51-42)9-5-8-30-14-16-31(17-15-30)34(20-23-36-10-6-26-49-36)29-41(47)43-13-7-27-50-43;1-2/h3-7,9-17,20-22,24-29,42-43,49,51H,8,18-19,23,47-48H2,1-2H3;1-2H3/b9-5-,34-20+,41-29-;. The third-order valence-corrected chi connectivity index (χ3v) is 10.8. The van der Waals surface area contributed by atoms with E-state index in [1.165, 1.54) is 44.5 Å². The summed E-state index contributed by atoms with van der Waals surface area (Å²) in [5.41, 5.74) is 29.8. The van der Waals surface area contributed by atoms with Gasteiger partial charge in [0.1, 0.15) is 6.04 Å². The van der Waals surface area contributed by atoms with E-state index in [4.69, 9.17) is 11.5 Å². The van der Waals surface area contributed by atoms with Crippen LogP contribution in [-0.2, 0) is 18.3 Å². The summed E-state index contributed by atoms with van der Waals surface area (Å²) in [5.74, 6) is 0. The van der Waals surface area contributed by atoms with Crippen LogP contribution in [0.4, 0.5) is 0 Å². The van der Waals surface area contributed by atoms with Crippen molar-refractivity contribution < 1.29 is 0 Å². The normalized spacial score (nSPS) is 19.9. The van der Waals surface area contributed by atoms with E-state index in [1.54, 1.807) is 6.21 Å². The summed E-state index contributed by atoms with van der Waals surface area (Å²) in [6.45, 7) is 8.67. The highest BCUT2D eigenvalue weighted by molar-refractivity contribution is 5.81. The summed E-state index contributed by atoms with van der Waals surface area (Å²) >= 11 is 0. The first-order valence-corrected chi connectivity index (χ1v) is 19.0. The Bertz CT molecular complexity index is 2200. The van der Waals surface area contributed by atoms with Gasteiger partial charge in [0.2, 0.25) is 0 Å². The first-order chi connectivity index (χ1) is 25.8. The lowest BCUT2D eigenvalue weighted by atomic mass is 9.81. The molecule has 5 nitrogen and oxygen atoms in total. The zero-order valence-electron chi connectivity index (χ0n) is 31.4. The van der Waals surface area contributed by atoms with Crippen molar-refractivity contribution in [3.8, 4) is 11.1 Å². The molecule has 2 unspecified atom stereocenters. The molecule has 5 heteroatoms. The lowest BCUT2D eigenvalue weighted by molar-refractivity contribution is 0.649. The molecule has 2 atom stereocenters. The summed E-state index contributed by atoms with van der Waals surface area (Å²) < 4.78 is 0. The maximum atomic E-state index is 6.88. The number of allylic oxidation sites excluding steroid dienone is 9. The van der Waals surface area contributed by atoms with E-state index in [0.717, 1.165) is 59.6 Å². The quantitative estimate of drug-likeness (QED) is 0.131. The zero-order valence-corrected chi connectivity index (χ0v) is 31.4. The number of nitrogens with one attached hydrogen (secondary N) is 2. The molecule has 0 radical (unpaired) electrons. The predicted octanol–water partition coefficient (Wildman–Crippen LogP) is 10.1. The molecule has 0 bridgehead atoms. The molecule has 0 amide bonds. The average Bonchev–Trinajstić information content (AvgIpc) is 3.97. The van der Waals surface area contributed by atoms with Crippen molar-refractivity contribution in [2.75, 3.05) is 0 Å². The Kier molecular flexibility index (Phi) is 10.4. The van der Waals surface area contributed by atoms with Crippen LogP contribution in [0.3, 0.4) is 0 Å². The molecule has 0 fully saturated rings. The van der Waals surface area contributed by atoms with Crippen LogP contribution in [0.5, 0.6) is 0 Å². The largest absolute Gasteiger partial charge is 0.400 e. The zero-order chi connectivity index (χ0) is 37.0. The SMILES string of the molecule is CC.CC1(C)c2ccccc2-c2ccc(C3C=CC4=C(N3)C(N)=C(/C=C\Cc3ccc(C(/C=C(\N)C5C=CC=N5)=C/Cc5ccc[nH]5)cc3)CC4)cc21. The molecule has 0 saturated heterocycles. The Hall–Kier alpha value is -5.81. The Morgan fingerprint density at radius 1 is 0.906 bits per heavy atom. The lowest BCUT2D eigenvalue weighted by Gasteiger charge is -2.30. The number of nitrogens with two attached hydrogens (primary N) is 2. The number of benzene rings is 3. The smallest absolute Gasteiger partial charge is 0.108 e. The van der Waals surface area contributed by atoms with Crippen molar-refractivity contribution in [1.29, 1.82) is 0 Å². The van der Waals surface area contributed by atoms with Gasteiger partial charge in [-0.3, -0.25) is 4.99 Å². The monoisotopic (exact) mass is 697 g/mol. The first kappa shape index (κ1) is 35.6. The number of dihydropyridines is 1. The number of rotatable bonds is 9. The van der Waals surface area contributed by atoms with Crippen LogP contribution in [0.25, 0.3) is 16.7 Å². The molecule has 1 aromatic heterocycles. The number of aliphatic imine (C=N–C) groups is 1. The average molecular weight is 698 g/mol. The maximum absolute atomic E-state index is 6.88. The van der Waals surface area contributed by atoms with E-state index >= 15 is 0 Å². The minimum absolute atomic E-state index is 0.0260. The maximum Gasteiger partial charge on any atom is 0.108 e. The van der Waals surface area contributed by atoms with Gasteiger partial charge in [-0.15, -0.1) is 0 Å². The second kappa shape index (κ2) is 15.4. The van der Waals surface area contributed by atoms with E-state index < -0.39 is 0 Å². The Balaban J connectivity index is 0.00000214. The van der Waals surface area contributed by atoms with Crippen LogP contribution in [0.1, 0.15) is 80.1 Å². The predicted molar refractivity (Wildman–Crippen MR) is 223 cm³/mol. The van der Waals surface area contributed by atoms with Crippen LogP contribution >= 0.6 is 0 Å². The molecule has 4 aliphatic rings. The molecule has 4 aromatic rings. The van der Waals surface area contributed by atoms with E-state index in [9.17, 15) is 0 Å². The third kappa shape index (κ3) is 7.30. The molecule has 53 heavy (non-hydrogen) atoms. The van der Waals surface area contributed by atoms with Crippen molar-refractivity contribution in [2.45, 2.75) is 70.9 Å². The molecule has 3 heterocycles. The van der Waals surface area contributed by atoms with Gasteiger partial charge in [-0.1, -0.05) is 131 Å². The van der Waals surface area contributed by atoms with Crippen molar-refractivity contribution in [1.82, 2.24) is 10.3 Å². The van der Waals surface area contributed by atoms with E-state index in [0.29, 0.717) is 0 Å². The minimum atomic E-state index is -0.104. The van der Waals surface area contributed by atoms with Crippen molar-refractivity contribution >= 4 is 11.8 Å². The van der Waals surface area contributed by atoms with Crippen molar-refractivity contribution in [3.63, 3.8) is 0 Å². The summed E-state index contributed by atoms with van der Waals surface area (Å²) in [6, 6.07) is 28.6. The molecule has 268 valence electrons. The molecule has 6 N–H and O–H groups in total. The molecule has 0 spiro atoms. The summed E-state index contributed by atoms with van der Waals surface area (Å²) in [6.07, 6.45) is 24.6. The fourth-order valence-electron chi connectivity index (χ4n) is 7.85. The molecule has 2 aliphatic carbocycles. The second-order valence-electron chi connectivity index (χ2n) is 14.4. The number of aromatic amines is 1. The lowest BCUT2D eigenvalue weighted by Crippen LogP contribution is -2.29. The van der Waals surface area contributed by atoms with Gasteiger partial charge in [0, 0.05) is 35.6 Å². The van der Waals surface area contributed by atoms with Crippen LogP contribution in [0.2, 0.25) is 0 Å². The van der Waals surface area contributed by atoms with Crippen LogP contribution < -0.4 is 16.8 Å². The van der Waals surface area contributed by atoms with E-state index in [-0.39, 0.29) is 17.5 Å². The molecule has 0 saturated carbocycles. The molecular weight excluding hydrogens is 647 g/mol. The van der Waals surface area contributed by atoms with Crippen molar-refractivity contribution in [3.05, 3.63) is 195 Å². The molecular formula is C48H51N5. The number of fused-ring (bicyclic) bond motifs is 3. The van der Waals surface area contributed by atoms with Gasteiger partial charge in [0.05, 0.1) is 17.4 Å². The highest BCUT2D eigenvalue weighted by Crippen LogP contribution is 2.49. The fourth-order valence-corrected chi connectivity index (χ4v) is 7.85. The topological polar surface area (TPSA) is 92.2 Å². The third-order valence-electron chi connectivity index (χ3n) is 10.8. The summed E-state index contributed by atoms with van der Waals surface area (Å²) in [4.78, 5) is 7.74. The Morgan fingerprint density at radius 3 is 2.49 bits per heavy atom. The summed E-state index contributed by atoms with van der Waals surface area (Å²) in [7, 11) is 0. The number of H-pyrrole nitrogens is 1. The Labute approximate surface area is 315 Å². The van der Waals surface area contributed by atoms with Crippen LogP contribution in [0.15, 0.2) is 167 Å². The van der Waals surface area contributed by atoms with Gasteiger partial charge < -0.3 is 21.8 Å². The van der Waals surface area contributed by atoms with Gasteiger partial charge in [-0.05, 0) is 99.2 Å². The second-order valence-corrected chi connectivity index (χ2v) is 14.4. The first-order valence-electron chi connectivity index (χ1n) is 19.0. The number of hydrogen-bond acceptors (Lipinski definition) is 4. The number of aromatic nitrogens is 1. The van der Waals surface area contributed by atoms with Gasteiger partial charge >= 0.3 is 0 Å². The highest BCUT2D eigenvalue weighted by Gasteiger charge is 2.36. The molecule has 8 rings (SSSR count). The number of hydrogen-bond donors (Lipinski definition) is 4. The van der Waals surface area contributed by atoms with Crippen LogP contribution in [0, 0.1) is 0 Å². The highest BCUT2D eigenvalue weighted by atomic mass is 15.0.